The molecule has 0 aliphatic heterocycles. The van der Waals surface area contributed by atoms with E-state index in [9.17, 15) is 4.79 Å². The van der Waals surface area contributed by atoms with Crippen LogP contribution in [-0.2, 0) is 9.53 Å². The van der Waals surface area contributed by atoms with Crippen LogP contribution in [0.2, 0.25) is 0 Å². The molecule has 5 nitrogen and oxygen atoms in total. The first-order valence-corrected chi connectivity index (χ1v) is 6.77. The molecule has 0 fully saturated rings. The number of methoxy groups -OCH3 is 1. The monoisotopic (exact) mass is 288 g/mol. The van der Waals surface area contributed by atoms with Crippen molar-refractivity contribution < 1.29 is 14.3 Å². The average Bonchev–Trinajstić information content (AvgIpc) is 2.47. The van der Waals surface area contributed by atoms with Gasteiger partial charge in [0.2, 0.25) is 0 Å². The Morgan fingerprint density at radius 3 is 2.81 bits per heavy atom. The van der Waals surface area contributed by atoms with Gasteiger partial charge in [-0.2, -0.15) is 5.26 Å². The fourth-order valence-corrected chi connectivity index (χ4v) is 1.85. The van der Waals surface area contributed by atoms with Gasteiger partial charge in [0, 0.05) is 11.8 Å². The van der Waals surface area contributed by atoms with Crippen LogP contribution in [0.5, 0.6) is 5.75 Å². The Morgan fingerprint density at radius 2 is 2.24 bits per heavy atom. The quantitative estimate of drug-likeness (QED) is 0.596. The number of aliphatic imine (C=N–C) groups is 1. The van der Waals surface area contributed by atoms with E-state index in [1.807, 2.05) is 38.1 Å². The Labute approximate surface area is 125 Å². The van der Waals surface area contributed by atoms with Crippen LogP contribution in [-0.4, -0.2) is 25.9 Å². The first kappa shape index (κ1) is 16.7. The van der Waals surface area contributed by atoms with E-state index in [2.05, 4.69) is 4.99 Å². The standard InChI is InChI=1S/C16H20N2O3/c1-5-21-16(19)13(9-17)10-18-12(3)14-8-11(2)6-7-15(14)20-4/h6-8,10,12-13H,5H2,1-4H3/t12-,13+/m0/s1. The van der Waals surface area contributed by atoms with Gasteiger partial charge >= 0.3 is 5.97 Å². The maximum atomic E-state index is 11.5. The average molecular weight is 288 g/mol. The molecular formula is C16H20N2O3. The van der Waals surface area contributed by atoms with E-state index in [1.54, 1.807) is 14.0 Å². The van der Waals surface area contributed by atoms with Crippen molar-refractivity contribution in [3.8, 4) is 11.8 Å². The summed E-state index contributed by atoms with van der Waals surface area (Å²) in [7, 11) is 1.60. The van der Waals surface area contributed by atoms with Crippen LogP contribution in [0, 0.1) is 24.2 Å². The lowest BCUT2D eigenvalue weighted by Gasteiger charge is -2.13. The highest BCUT2D eigenvalue weighted by molar-refractivity contribution is 5.92. The van der Waals surface area contributed by atoms with Crippen molar-refractivity contribution in [1.29, 1.82) is 5.26 Å². The van der Waals surface area contributed by atoms with E-state index in [-0.39, 0.29) is 12.6 Å². The zero-order valence-electron chi connectivity index (χ0n) is 12.8. The van der Waals surface area contributed by atoms with E-state index in [4.69, 9.17) is 14.7 Å². The van der Waals surface area contributed by atoms with E-state index < -0.39 is 11.9 Å². The predicted octanol–water partition coefficient (Wildman–Crippen LogP) is 2.84. The number of rotatable bonds is 6. The highest BCUT2D eigenvalue weighted by atomic mass is 16.5. The molecule has 0 heterocycles. The lowest BCUT2D eigenvalue weighted by Crippen LogP contribution is -2.17. The van der Waals surface area contributed by atoms with Crippen LogP contribution in [0.4, 0.5) is 0 Å². The van der Waals surface area contributed by atoms with Crippen LogP contribution >= 0.6 is 0 Å². The fourth-order valence-electron chi connectivity index (χ4n) is 1.85. The number of aryl methyl sites for hydroxylation is 1. The summed E-state index contributed by atoms with van der Waals surface area (Å²) in [6.07, 6.45) is 1.34. The normalized spacial score (nSPS) is 13.5. The Balaban J connectivity index is 2.92. The second kappa shape index (κ2) is 8.05. The lowest BCUT2D eigenvalue weighted by molar-refractivity contribution is -0.143. The molecule has 0 saturated heterocycles. The third kappa shape index (κ3) is 4.60. The van der Waals surface area contributed by atoms with Gasteiger partial charge in [0.25, 0.3) is 0 Å². The molecule has 1 aromatic carbocycles. The summed E-state index contributed by atoms with van der Waals surface area (Å²) in [5.41, 5.74) is 2.00. The van der Waals surface area contributed by atoms with Crippen LogP contribution < -0.4 is 4.74 Å². The first-order chi connectivity index (χ1) is 10.0. The number of nitrogens with zero attached hydrogens (tertiary/aromatic N) is 2. The van der Waals surface area contributed by atoms with Crippen molar-refractivity contribution in [2.24, 2.45) is 10.9 Å². The summed E-state index contributed by atoms with van der Waals surface area (Å²) < 4.78 is 10.1. The number of hydrogen-bond donors (Lipinski definition) is 0. The summed E-state index contributed by atoms with van der Waals surface area (Å²) in [5, 5.41) is 8.98. The maximum absolute atomic E-state index is 11.5. The smallest absolute Gasteiger partial charge is 0.328 e. The van der Waals surface area contributed by atoms with E-state index >= 15 is 0 Å². The zero-order valence-corrected chi connectivity index (χ0v) is 12.8. The summed E-state index contributed by atoms with van der Waals surface area (Å²) in [5.74, 6) is -0.828. The van der Waals surface area contributed by atoms with E-state index in [0.29, 0.717) is 0 Å². The highest BCUT2D eigenvalue weighted by Gasteiger charge is 2.17. The summed E-state index contributed by atoms with van der Waals surface area (Å²) >= 11 is 0. The Morgan fingerprint density at radius 1 is 1.52 bits per heavy atom. The van der Waals surface area contributed by atoms with Gasteiger partial charge in [-0.05, 0) is 26.8 Å². The molecule has 0 aromatic heterocycles. The molecule has 0 unspecified atom stereocenters. The third-order valence-electron chi connectivity index (χ3n) is 2.97. The van der Waals surface area contributed by atoms with Crippen LogP contribution in [0.1, 0.15) is 31.0 Å². The van der Waals surface area contributed by atoms with E-state index in [0.717, 1.165) is 16.9 Å². The van der Waals surface area contributed by atoms with Crippen LogP contribution in [0.25, 0.3) is 0 Å². The molecule has 2 atom stereocenters. The molecule has 0 amide bonds. The molecule has 1 aromatic rings. The number of carbonyl (C=O) groups excluding carboxylic acids is 1. The number of carbonyl (C=O) groups is 1. The molecule has 0 bridgehead atoms. The van der Waals surface area contributed by atoms with Crippen molar-refractivity contribution in [3.05, 3.63) is 29.3 Å². The molecule has 0 aliphatic carbocycles. The number of nitriles is 1. The van der Waals surface area contributed by atoms with Crippen LogP contribution in [0.15, 0.2) is 23.2 Å². The number of hydrogen-bond acceptors (Lipinski definition) is 5. The van der Waals surface area contributed by atoms with Gasteiger partial charge in [-0.15, -0.1) is 0 Å². The van der Waals surface area contributed by atoms with Crippen molar-refractivity contribution >= 4 is 12.2 Å². The SMILES string of the molecule is CCOC(=O)[C@H](C#N)C=N[C@@H](C)c1cc(C)ccc1OC. The van der Waals surface area contributed by atoms with Crippen molar-refractivity contribution in [3.63, 3.8) is 0 Å². The molecule has 0 N–H and O–H groups in total. The van der Waals surface area contributed by atoms with Gasteiger partial charge < -0.3 is 9.47 Å². The van der Waals surface area contributed by atoms with Crippen LogP contribution in [0.3, 0.4) is 0 Å². The van der Waals surface area contributed by atoms with Gasteiger partial charge in [-0.3, -0.25) is 9.79 Å². The van der Waals surface area contributed by atoms with Gasteiger partial charge in [0.05, 0.1) is 25.8 Å². The molecule has 0 spiro atoms. The Kier molecular flexibility index (Phi) is 6.41. The molecular weight excluding hydrogens is 268 g/mol. The van der Waals surface area contributed by atoms with Crippen molar-refractivity contribution in [2.75, 3.05) is 13.7 Å². The molecule has 112 valence electrons. The fraction of sp³-hybridized carbons (Fsp3) is 0.438. The summed E-state index contributed by atoms with van der Waals surface area (Å²) in [4.78, 5) is 15.8. The zero-order chi connectivity index (χ0) is 15.8. The Hall–Kier alpha value is -2.35. The molecule has 0 saturated carbocycles. The lowest BCUT2D eigenvalue weighted by atomic mass is 10.0. The number of ether oxygens (including phenoxy) is 2. The Bertz CT molecular complexity index is 561. The maximum Gasteiger partial charge on any atom is 0.328 e. The minimum Gasteiger partial charge on any atom is -0.496 e. The molecule has 0 radical (unpaired) electrons. The largest absolute Gasteiger partial charge is 0.496 e. The number of esters is 1. The van der Waals surface area contributed by atoms with Gasteiger partial charge in [0.1, 0.15) is 5.75 Å². The second-order valence-electron chi connectivity index (χ2n) is 4.58. The minimum absolute atomic E-state index is 0.217. The van der Waals surface area contributed by atoms with Gasteiger partial charge in [0.15, 0.2) is 5.92 Å². The molecule has 0 aliphatic rings. The molecule has 1 rings (SSSR count). The third-order valence-corrected chi connectivity index (χ3v) is 2.97. The molecule has 5 heteroatoms. The topological polar surface area (TPSA) is 71.7 Å². The van der Waals surface area contributed by atoms with Gasteiger partial charge in [-0.1, -0.05) is 17.7 Å². The minimum atomic E-state index is -0.983. The molecule has 21 heavy (non-hydrogen) atoms. The summed E-state index contributed by atoms with van der Waals surface area (Å²) in [6.45, 7) is 5.80. The summed E-state index contributed by atoms with van der Waals surface area (Å²) in [6, 6.07) is 7.47. The first-order valence-electron chi connectivity index (χ1n) is 6.77. The highest BCUT2D eigenvalue weighted by Crippen LogP contribution is 2.28. The van der Waals surface area contributed by atoms with Crippen molar-refractivity contribution in [1.82, 2.24) is 0 Å². The second-order valence-corrected chi connectivity index (χ2v) is 4.58. The van der Waals surface area contributed by atoms with Crippen molar-refractivity contribution in [2.45, 2.75) is 26.8 Å². The predicted molar refractivity (Wildman–Crippen MR) is 80.4 cm³/mol. The van der Waals surface area contributed by atoms with E-state index in [1.165, 1.54) is 6.21 Å². The van der Waals surface area contributed by atoms with Gasteiger partial charge in [-0.25, -0.2) is 0 Å². The number of benzene rings is 1.